The maximum Gasteiger partial charge on any atom is 0.257 e. The molecule has 4 rings (SSSR count). The van der Waals surface area contributed by atoms with Crippen LogP contribution in [0.25, 0.3) is 11.3 Å². The van der Waals surface area contributed by atoms with Gasteiger partial charge in [-0.25, -0.2) is 0 Å². The third-order valence-corrected chi connectivity index (χ3v) is 4.88. The molecule has 0 aliphatic carbocycles. The van der Waals surface area contributed by atoms with Crippen molar-refractivity contribution in [3.8, 4) is 11.3 Å². The van der Waals surface area contributed by atoms with Crippen molar-refractivity contribution in [3.63, 3.8) is 0 Å². The fraction of sp³-hybridized carbons (Fsp3) is 0.273. The van der Waals surface area contributed by atoms with Crippen LogP contribution in [-0.2, 0) is 6.54 Å². The van der Waals surface area contributed by atoms with E-state index in [1.165, 1.54) is 0 Å². The van der Waals surface area contributed by atoms with E-state index in [2.05, 4.69) is 24.4 Å². The molecule has 2 heterocycles. The molecule has 1 aliphatic rings. The van der Waals surface area contributed by atoms with Gasteiger partial charge in [-0.05, 0) is 12.5 Å². The van der Waals surface area contributed by atoms with E-state index in [0.29, 0.717) is 18.2 Å². The van der Waals surface area contributed by atoms with Gasteiger partial charge in [0, 0.05) is 37.4 Å². The summed E-state index contributed by atoms with van der Waals surface area (Å²) in [6, 6.07) is 20.4. The Morgan fingerprint density at radius 1 is 1.11 bits per heavy atom. The SMILES string of the molecule is CC1CN(C(=O)c2cn(Cc3ccccc3)nc2-c2ccccc2)CCN1.Cl. The molecule has 0 radical (unpaired) electrons. The van der Waals surface area contributed by atoms with E-state index in [1.54, 1.807) is 0 Å². The molecule has 2 aromatic carbocycles. The minimum atomic E-state index is 0. The van der Waals surface area contributed by atoms with Crippen LogP contribution in [0.3, 0.4) is 0 Å². The number of carbonyl (C=O) groups excluding carboxylic acids is 1. The highest BCUT2D eigenvalue weighted by Crippen LogP contribution is 2.24. The zero-order valence-corrected chi connectivity index (χ0v) is 16.7. The van der Waals surface area contributed by atoms with Crippen molar-refractivity contribution >= 4 is 18.3 Å². The van der Waals surface area contributed by atoms with Crippen molar-refractivity contribution in [1.82, 2.24) is 20.0 Å². The second-order valence-corrected chi connectivity index (χ2v) is 7.05. The molecule has 1 aliphatic heterocycles. The van der Waals surface area contributed by atoms with E-state index in [-0.39, 0.29) is 18.3 Å². The van der Waals surface area contributed by atoms with Crippen LogP contribution in [0, 0.1) is 0 Å². The average Bonchev–Trinajstić information content (AvgIpc) is 3.12. The van der Waals surface area contributed by atoms with Crippen LogP contribution in [0.4, 0.5) is 0 Å². The quantitative estimate of drug-likeness (QED) is 0.734. The van der Waals surface area contributed by atoms with Gasteiger partial charge in [-0.3, -0.25) is 9.48 Å². The standard InChI is InChI=1S/C22H24N4O.ClH/c1-17-14-25(13-12-23-17)22(27)20-16-26(15-18-8-4-2-5-9-18)24-21(20)19-10-6-3-7-11-19;/h2-11,16-17,23H,12-15H2,1H3;1H. The van der Waals surface area contributed by atoms with E-state index in [1.807, 2.05) is 64.3 Å². The molecule has 1 fully saturated rings. The second kappa shape index (κ2) is 9.04. The summed E-state index contributed by atoms with van der Waals surface area (Å²) in [6.07, 6.45) is 1.89. The molecule has 1 unspecified atom stereocenters. The monoisotopic (exact) mass is 396 g/mol. The van der Waals surface area contributed by atoms with E-state index < -0.39 is 0 Å². The molecule has 28 heavy (non-hydrogen) atoms. The molecule has 0 spiro atoms. The first-order valence-corrected chi connectivity index (χ1v) is 9.40. The van der Waals surface area contributed by atoms with Gasteiger partial charge >= 0.3 is 0 Å². The van der Waals surface area contributed by atoms with Crippen molar-refractivity contribution in [1.29, 1.82) is 0 Å². The minimum Gasteiger partial charge on any atom is -0.336 e. The van der Waals surface area contributed by atoms with Crippen LogP contribution in [0.15, 0.2) is 66.9 Å². The molecule has 5 nitrogen and oxygen atoms in total. The maximum absolute atomic E-state index is 13.3. The van der Waals surface area contributed by atoms with Crippen LogP contribution in [0.1, 0.15) is 22.8 Å². The van der Waals surface area contributed by atoms with Gasteiger partial charge < -0.3 is 10.2 Å². The number of nitrogens with zero attached hydrogens (tertiary/aromatic N) is 3. The summed E-state index contributed by atoms with van der Waals surface area (Å²) in [5, 5.41) is 8.15. The lowest BCUT2D eigenvalue weighted by atomic mass is 10.1. The summed E-state index contributed by atoms with van der Waals surface area (Å²) in [7, 11) is 0. The minimum absolute atomic E-state index is 0. The Morgan fingerprint density at radius 2 is 1.79 bits per heavy atom. The Kier molecular flexibility index (Phi) is 6.49. The number of amides is 1. The zero-order chi connectivity index (χ0) is 18.6. The van der Waals surface area contributed by atoms with Crippen LogP contribution >= 0.6 is 12.4 Å². The van der Waals surface area contributed by atoms with Gasteiger partial charge in [0.2, 0.25) is 0 Å². The molecule has 0 bridgehead atoms. The number of piperazine rings is 1. The maximum atomic E-state index is 13.3. The Hall–Kier alpha value is -2.63. The van der Waals surface area contributed by atoms with Gasteiger partial charge in [0.25, 0.3) is 5.91 Å². The fourth-order valence-electron chi connectivity index (χ4n) is 3.53. The molecule has 1 aromatic heterocycles. The van der Waals surface area contributed by atoms with Crippen LogP contribution in [0.2, 0.25) is 0 Å². The smallest absolute Gasteiger partial charge is 0.257 e. The molecule has 1 atom stereocenters. The predicted molar refractivity (Wildman–Crippen MR) is 114 cm³/mol. The van der Waals surface area contributed by atoms with Crippen LogP contribution in [0.5, 0.6) is 0 Å². The van der Waals surface area contributed by atoms with E-state index >= 15 is 0 Å². The molecule has 1 amide bonds. The highest BCUT2D eigenvalue weighted by atomic mass is 35.5. The molecule has 146 valence electrons. The van der Waals surface area contributed by atoms with Crippen molar-refractivity contribution in [2.24, 2.45) is 0 Å². The number of hydrogen-bond acceptors (Lipinski definition) is 3. The lowest BCUT2D eigenvalue weighted by Crippen LogP contribution is -2.51. The zero-order valence-electron chi connectivity index (χ0n) is 15.9. The lowest BCUT2D eigenvalue weighted by Gasteiger charge is -2.31. The molecule has 1 N–H and O–H groups in total. The summed E-state index contributed by atoms with van der Waals surface area (Å²) in [5.74, 6) is 0.0570. The van der Waals surface area contributed by atoms with Crippen LogP contribution in [-0.4, -0.2) is 46.3 Å². The Bertz CT molecular complexity index is 911. The Labute approximate surface area is 171 Å². The molecular weight excluding hydrogens is 372 g/mol. The lowest BCUT2D eigenvalue weighted by molar-refractivity contribution is 0.0709. The highest BCUT2D eigenvalue weighted by Gasteiger charge is 2.26. The van der Waals surface area contributed by atoms with Crippen molar-refractivity contribution in [2.75, 3.05) is 19.6 Å². The number of rotatable bonds is 4. The fourth-order valence-corrected chi connectivity index (χ4v) is 3.53. The number of carbonyl (C=O) groups is 1. The topological polar surface area (TPSA) is 50.2 Å². The normalized spacial score (nSPS) is 16.5. The van der Waals surface area contributed by atoms with E-state index in [0.717, 1.165) is 36.5 Å². The Balaban J connectivity index is 0.00000225. The van der Waals surface area contributed by atoms with Gasteiger partial charge in [0.1, 0.15) is 5.69 Å². The number of benzene rings is 2. The summed E-state index contributed by atoms with van der Waals surface area (Å²) in [4.78, 5) is 15.2. The first-order chi connectivity index (χ1) is 13.2. The Morgan fingerprint density at radius 3 is 2.46 bits per heavy atom. The van der Waals surface area contributed by atoms with Gasteiger partial charge in [-0.1, -0.05) is 60.7 Å². The number of halogens is 1. The van der Waals surface area contributed by atoms with Gasteiger partial charge in [0.15, 0.2) is 0 Å². The summed E-state index contributed by atoms with van der Waals surface area (Å²) in [5.41, 5.74) is 3.55. The second-order valence-electron chi connectivity index (χ2n) is 7.05. The van der Waals surface area contributed by atoms with E-state index in [9.17, 15) is 4.79 Å². The van der Waals surface area contributed by atoms with Crippen molar-refractivity contribution in [3.05, 3.63) is 78.0 Å². The van der Waals surface area contributed by atoms with Gasteiger partial charge in [-0.2, -0.15) is 5.10 Å². The third kappa shape index (κ3) is 4.43. The summed E-state index contributed by atoms with van der Waals surface area (Å²) < 4.78 is 1.87. The molecule has 6 heteroatoms. The molecule has 1 saturated heterocycles. The number of hydrogen-bond donors (Lipinski definition) is 1. The number of aromatic nitrogens is 2. The summed E-state index contributed by atoms with van der Waals surface area (Å²) in [6.45, 7) is 5.02. The van der Waals surface area contributed by atoms with Crippen LogP contribution < -0.4 is 5.32 Å². The average molecular weight is 397 g/mol. The van der Waals surface area contributed by atoms with Crippen molar-refractivity contribution < 1.29 is 4.79 Å². The number of nitrogens with one attached hydrogen (secondary N) is 1. The summed E-state index contributed by atoms with van der Waals surface area (Å²) >= 11 is 0. The third-order valence-electron chi connectivity index (χ3n) is 4.88. The molecule has 0 saturated carbocycles. The molecule has 3 aromatic rings. The first kappa shape index (κ1) is 20.1. The first-order valence-electron chi connectivity index (χ1n) is 9.40. The van der Waals surface area contributed by atoms with E-state index in [4.69, 9.17) is 5.10 Å². The molecular formula is C22H25ClN4O. The van der Waals surface area contributed by atoms with Gasteiger partial charge in [0.05, 0.1) is 12.1 Å². The predicted octanol–water partition coefficient (Wildman–Crippen LogP) is 3.45. The largest absolute Gasteiger partial charge is 0.336 e. The van der Waals surface area contributed by atoms with Crippen molar-refractivity contribution in [2.45, 2.75) is 19.5 Å². The van der Waals surface area contributed by atoms with Gasteiger partial charge in [-0.15, -0.1) is 12.4 Å². The highest BCUT2D eigenvalue weighted by molar-refractivity contribution is 5.99.